The number of aromatic nitrogens is 1. The maximum atomic E-state index is 11.1. The zero-order valence-corrected chi connectivity index (χ0v) is 9.91. The van der Waals surface area contributed by atoms with E-state index in [1.165, 1.54) is 0 Å². The summed E-state index contributed by atoms with van der Waals surface area (Å²) in [6.07, 6.45) is 1.39. The molecule has 5 heteroatoms. The van der Waals surface area contributed by atoms with Crippen LogP contribution in [0, 0.1) is 6.92 Å². The van der Waals surface area contributed by atoms with Gasteiger partial charge in [0.1, 0.15) is 5.54 Å². The van der Waals surface area contributed by atoms with E-state index in [1.807, 2.05) is 13.8 Å². The average molecular weight is 226 g/mol. The summed E-state index contributed by atoms with van der Waals surface area (Å²) in [5.41, 5.74) is -0.112. The molecule has 1 heterocycles. The summed E-state index contributed by atoms with van der Waals surface area (Å²) in [7, 11) is 0. The quantitative estimate of drug-likeness (QED) is 0.772. The van der Waals surface area contributed by atoms with Gasteiger partial charge in [0.05, 0.1) is 12.2 Å². The molecule has 0 aliphatic rings. The molecule has 0 bridgehead atoms. The predicted molar refractivity (Wildman–Crippen MR) is 59.0 cm³/mol. The Balaban J connectivity index is 2.60. The second-order valence-corrected chi connectivity index (χ2v) is 4.18. The third-order valence-corrected chi connectivity index (χ3v) is 2.55. The van der Waals surface area contributed by atoms with Crippen molar-refractivity contribution in [3.63, 3.8) is 0 Å². The van der Waals surface area contributed by atoms with Crippen LogP contribution in [0.4, 0.5) is 0 Å². The van der Waals surface area contributed by atoms with Gasteiger partial charge in [0, 0.05) is 6.07 Å². The number of hydrogen-bond donors (Lipinski definition) is 2. The first-order valence-corrected chi connectivity index (χ1v) is 5.38. The van der Waals surface area contributed by atoms with Gasteiger partial charge in [-0.25, -0.2) is 0 Å². The first-order chi connectivity index (χ1) is 7.48. The fourth-order valence-electron chi connectivity index (χ4n) is 1.55. The van der Waals surface area contributed by atoms with Crippen LogP contribution in [0.1, 0.15) is 38.1 Å². The number of hydrogen-bond acceptors (Lipinski definition) is 4. The Labute approximate surface area is 94.8 Å². The topological polar surface area (TPSA) is 75.4 Å². The first kappa shape index (κ1) is 12.7. The highest BCUT2D eigenvalue weighted by Crippen LogP contribution is 2.14. The van der Waals surface area contributed by atoms with Crippen molar-refractivity contribution in [2.75, 3.05) is 0 Å². The van der Waals surface area contributed by atoms with Crippen LogP contribution in [0.3, 0.4) is 0 Å². The van der Waals surface area contributed by atoms with E-state index in [2.05, 4.69) is 10.5 Å². The van der Waals surface area contributed by atoms with E-state index in [0.29, 0.717) is 18.7 Å². The van der Waals surface area contributed by atoms with Crippen LogP contribution in [0.15, 0.2) is 10.6 Å². The minimum absolute atomic E-state index is 0.379. The van der Waals surface area contributed by atoms with E-state index in [1.54, 1.807) is 13.0 Å². The van der Waals surface area contributed by atoms with E-state index in [4.69, 9.17) is 9.63 Å². The van der Waals surface area contributed by atoms with Gasteiger partial charge >= 0.3 is 5.97 Å². The molecule has 5 nitrogen and oxygen atoms in total. The smallest absolute Gasteiger partial charge is 0.323 e. The first-order valence-electron chi connectivity index (χ1n) is 5.38. The number of aliphatic carboxylic acids is 1. The highest BCUT2D eigenvalue weighted by molar-refractivity contribution is 5.78. The fourth-order valence-corrected chi connectivity index (χ4v) is 1.55. The molecule has 16 heavy (non-hydrogen) atoms. The monoisotopic (exact) mass is 226 g/mol. The van der Waals surface area contributed by atoms with Gasteiger partial charge in [-0.3, -0.25) is 10.1 Å². The van der Waals surface area contributed by atoms with Crippen molar-refractivity contribution in [1.29, 1.82) is 0 Å². The molecule has 0 aliphatic heterocycles. The summed E-state index contributed by atoms with van der Waals surface area (Å²) in [6.45, 7) is 5.85. The van der Waals surface area contributed by atoms with Crippen LogP contribution in [-0.2, 0) is 11.3 Å². The molecule has 0 spiro atoms. The normalized spacial score (nSPS) is 14.7. The van der Waals surface area contributed by atoms with E-state index in [0.717, 1.165) is 12.1 Å². The molecule has 0 aromatic carbocycles. The van der Waals surface area contributed by atoms with Crippen molar-refractivity contribution >= 4 is 5.97 Å². The number of carboxylic acids is 1. The molecule has 0 amide bonds. The molecular weight excluding hydrogens is 208 g/mol. The maximum absolute atomic E-state index is 11.1. The molecule has 1 unspecified atom stereocenters. The summed E-state index contributed by atoms with van der Waals surface area (Å²) in [6, 6.07) is 1.79. The molecule has 1 aromatic rings. The van der Waals surface area contributed by atoms with Gasteiger partial charge < -0.3 is 9.63 Å². The Morgan fingerprint density at radius 3 is 2.81 bits per heavy atom. The standard InChI is InChI=1S/C11H18N2O3/c1-4-5-11(3,10(14)15)12-7-9-6-8(2)13-16-9/h6,12H,4-5,7H2,1-3H3,(H,14,15). The summed E-state index contributed by atoms with van der Waals surface area (Å²) >= 11 is 0. The lowest BCUT2D eigenvalue weighted by molar-refractivity contribution is -0.144. The minimum atomic E-state index is -0.907. The molecule has 1 aromatic heterocycles. The van der Waals surface area contributed by atoms with Gasteiger partial charge in [-0.15, -0.1) is 0 Å². The Bertz CT molecular complexity index is 362. The molecule has 0 aliphatic carbocycles. The number of rotatable bonds is 6. The maximum Gasteiger partial charge on any atom is 0.323 e. The van der Waals surface area contributed by atoms with Crippen molar-refractivity contribution in [3.05, 3.63) is 17.5 Å². The lowest BCUT2D eigenvalue weighted by Crippen LogP contribution is -2.48. The van der Waals surface area contributed by atoms with Crippen molar-refractivity contribution in [3.8, 4) is 0 Å². The number of carboxylic acid groups (broad SMARTS) is 1. The van der Waals surface area contributed by atoms with Gasteiger partial charge in [-0.1, -0.05) is 18.5 Å². The lowest BCUT2D eigenvalue weighted by Gasteiger charge is -2.25. The van der Waals surface area contributed by atoms with Gasteiger partial charge in [0.15, 0.2) is 5.76 Å². The molecule has 0 saturated heterocycles. The third kappa shape index (κ3) is 3.06. The van der Waals surface area contributed by atoms with E-state index >= 15 is 0 Å². The van der Waals surface area contributed by atoms with Crippen molar-refractivity contribution < 1.29 is 14.4 Å². The van der Waals surface area contributed by atoms with Gasteiger partial charge in [-0.05, 0) is 20.3 Å². The Hall–Kier alpha value is -1.36. The largest absolute Gasteiger partial charge is 0.480 e. The van der Waals surface area contributed by atoms with Crippen molar-refractivity contribution in [1.82, 2.24) is 10.5 Å². The molecule has 1 atom stereocenters. The van der Waals surface area contributed by atoms with E-state index in [9.17, 15) is 4.79 Å². The summed E-state index contributed by atoms with van der Waals surface area (Å²) in [5, 5.41) is 15.9. The lowest BCUT2D eigenvalue weighted by atomic mass is 9.96. The molecule has 0 fully saturated rings. The highest BCUT2D eigenvalue weighted by Gasteiger charge is 2.31. The fraction of sp³-hybridized carbons (Fsp3) is 0.636. The number of nitrogens with one attached hydrogen (secondary N) is 1. The summed E-state index contributed by atoms with van der Waals surface area (Å²) in [5.74, 6) is -0.188. The van der Waals surface area contributed by atoms with Crippen LogP contribution in [-0.4, -0.2) is 21.8 Å². The van der Waals surface area contributed by atoms with Crippen LogP contribution < -0.4 is 5.32 Å². The van der Waals surface area contributed by atoms with Gasteiger partial charge in [-0.2, -0.15) is 0 Å². The summed E-state index contributed by atoms with van der Waals surface area (Å²) in [4.78, 5) is 11.1. The number of nitrogens with zero attached hydrogens (tertiary/aromatic N) is 1. The Kier molecular flexibility index (Phi) is 4.06. The second kappa shape index (κ2) is 5.12. The van der Waals surface area contributed by atoms with Crippen LogP contribution >= 0.6 is 0 Å². The average Bonchev–Trinajstić information content (AvgIpc) is 2.61. The van der Waals surface area contributed by atoms with Crippen LogP contribution in [0.5, 0.6) is 0 Å². The Morgan fingerprint density at radius 1 is 1.69 bits per heavy atom. The second-order valence-electron chi connectivity index (χ2n) is 4.18. The third-order valence-electron chi connectivity index (χ3n) is 2.55. The van der Waals surface area contributed by atoms with E-state index in [-0.39, 0.29) is 0 Å². The van der Waals surface area contributed by atoms with E-state index < -0.39 is 11.5 Å². The zero-order chi connectivity index (χ0) is 12.2. The molecule has 1 rings (SSSR count). The zero-order valence-electron chi connectivity index (χ0n) is 9.91. The molecule has 0 radical (unpaired) electrons. The molecule has 2 N–H and O–H groups in total. The van der Waals surface area contributed by atoms with Crippen molar-refractivity contribution in [2.45, 2.75) is 45.7 Å². The number of aryl methyl sites for hydroxylation is 1. The molecule has 0 saturated carbocycles. The van der Waals surface area contributed by atoms with Gasteiger partial charge in [0.2, 0.25) is 0 Å². The molecular formula is C11H18N2O3. The van der Waals surface area contributed by atoms with Gasteiger partial charge in [0.25, 0.3) is 0 Å². The number of carbonyl (C=O) groups is 1. The summed E-state index contributed by atoms with van der Waals surface area (Å²) < 4.78 is 5.01. The molecule has 90 valence electrons. The van der Waals surface area contributed by atoms with Crippen molar-refractivity contribution in [2.24, 2.45) is 0 Å². The highest BCUT2D eigenvalue weighted by atomic mass is 16.5. The van der Waals surface area contributed by atoms with Crippen LogP contribution in [0.2, 0.25) is 0 Å². The van der Waals surface area contributed by atoms with Crippen LogP contribution in [0.25, 0.3) is 0 Å². The Morgan fingerprint density at radius 2 is 2.38 bits per heavy atom. The predicted octanol–water partition coefficient (Wildman–Crippen LogP) is 1.72. The SMILES string of the molecule is CCCC(C)(NCc1cc(C)no1)C(=O)O. The minimum Gasteiger partial charge on any atom is -0.480 e.